The minimum absolute atomic E-state index is 0.0265. The van der Waals surface area contributed by atoms with Crippen LogP contribution in [-0.4, -0.2) is 11.9 Å². The topological polar surface area (TPSA) is 20.3 Å². The maximum Gasteiger partial charge on any atom is 0.226 e. The fraction of sp³-hybridized carbons (Fsp3) is 0.562. The Balaban J connectivity index is 0.00000172. The molecule has 1 aromatic carbocycles. The largest absolute Gasteiger partial charge is 0.310 e. The lowest BCUT2D eigenvalue weighted by Gasteiger charge is -2.29. The lowest BCUT2D eigenvalue weighted by Crippen LogP contribution is -2.38. The van der Waals surface area contributed by atoms with Crippen LogP contribution in [0.1, 0.15) is 53.9 Å². The van der Waals surface area contributed by atoms with Gasteiger partial charge in [0.15, 0.2) is 0 Å². The average Bonchev–Trinajstić information content (AvgIpc) is 2.45. The van der Waals surface area contributed by atoms with Gasteiger partial charge in [0.1, 0.15) is 5.82 Å². The van der Waals surface area contributed by atoms with E-state index in [0.717, 1.165) is 12.8 Å². The molecule has 0 radical (unpaired) electrons. The van der Waals surface area contributed by atoms with Gasteiger partial charge in [-0.2, -0.15) is 0 Å². The minimum Gasteiger partial charge on any atom is -0.310 e. The Morgan fingerprint density at radius 1 is 1.35 bits per heavy atom. The van der Waals surface area contributed by atoms with Gasteiger partial charge in [0.05, 0.1) is 5.02 Å². The number of benzene rings is 1. The molecule has 0 heterocycles. The van der Waals surface area contributed by atoms with Crippen LogP contribution in [0, 0.1) is 5.82 Å². The Kier molecular flexibility index (Phi) is 9.23. The summed E-state index contributed by atoms with van der Waals surface area (Å²) in [6.07, 6.45) is 2.31. The molecule has 1 atom stereocenters. The van der Waals surface area contributed by atoms with E-state index in [1.807, 2.05) is 27.7 Å². The van der Waals surface area contributed by atoms with Crippen LogP contribution in [0.3, 0.4) is 0 Å². The van der Waals surface area contributed by atoms with E-state index in [2.05, 4.69) is 6.92 Å². The molecule has 20 heavy (non-hydrogen) atoms. The highest BCUT2D eigenvalue weighted by Crippen LogP contribution is 2.26. The van der Waals surface area contributed by atoms with E-state index < -0.39 is 5.82 Å². The number of nitrogens with zero attached hydrogens (tertiary/aromatic N) is 1. The second-order valence-corrected chi connectivity index (χ2v) is 4.76. The molecule has 0 spiro atoms. The van der Waals surface area contributed by atoms with Crippen molar-refractivity contribution >= 4 is 23.2 Å². The summed E-state index contributed by atoms with van der Waals surface area (Å²) in [6, 6.07) is 4.49. The molecular weight excluding hydrogens is 277 g/mol. The third-order valence-corrected chi connectivity index (χ3v) is 3.19. The summed E-state index contributed by atoms with van der Waals surface area (Å²) in [5.74, 6) is -0.439. The number of carbonyl (C=O) groups is 1. The van der Waals surface area contributed by atoms with Crippen molar-refractivity contribution in [1.29, 1.82) is 0 Å². The van der Waals surface area contributed by atoms with Gasteiger partial charge >= 0.3 is 0 Å². The first-order chi connectivity index (χ1) is 9.51. The summed E-state index contributed by atoms with van der Waals surface area (Å²) in [5.41, 5.74) is 0.661. The number of rotatable bonds is 5. The van der Waals surface area contributed by atoms with Crippen LogP contribution in [0.25, 0.3) is 0 Å². The van der Waals surface area contributed by atoms with Crippen molar-refractivity contribution < 1.29 is 9.18 Å². The Morgan fingerprint density at radius 2 is 1.95 bits per heavy atom. The average molecular weight is 302 g/mol. The zero-order chi connectivity index (χ0) is 15.7. The van der Waals surface area contributed by atoms with Gasteiger partial charge in [-0.1, -0.05) is 45.7 Å². The molecule has 0 aliphatic rings. The van der Waals surface area contributed by atoms with E-state index in [-0.39, 0.29) is 17.0 Å². The van der Waals surface area contributed by atoms with E-state index in [4.69, 9.17) is 11.6 Å². The number of hydrogen-bond donors (Lipinski definition) is 0. The molecule has 1 amide bonds. The zero-order valence-electron chi connectivity index (χ0n) is 13.0. The van der Waals surface area contributed by atoms with Gasteiger partial charge in [-0.15, -0.1) is 0 Å². The second-order valence-electron chi connectivity index (χ2n) is 4.35. The lowest BCUT2D eigenvalue weighted by atomic mass is 10.1. The van der Waals surface area contributed by atoms with Gasteiger partial charge in [0, 0.05) is 18.2 Å². The van der Waals surface area contributed by atoms with Gasteiger partial charge < -0.3 is 4.90 Å². The third-order valence-electron chi connectivity index (χ3n) is 2.90. The molecule has 0 fully saturated rings. The van der Waals surface area contributed by atoms with Crippen LogP contribution in [0.15, 0.2) is 18.2 Å². The first-order valence-electron chi connectivity index (χ1n) is 7.28. The molecule has 0 aliphatic heterocycles. The fourth-order valence-electron chi connectivity index (χ4n) is 2.00. The lowest BCUT2D eigenvalue weighted by molar-refractivity contribution is -0.118. The Morgan fingerprint density at radius 3 is 2.40 bits per heavy atom. The van der Waals surface area contributed by atoms with Crippen molar-refractivity contribution in [1.82, 2.24) is 0 Å². The fourth-order valence-corrected chi connectivity index (χ4v) is 2.17. The van der Waals surface area contributed by atoms with E-state index in [1.165, 1.54) is 12.1 Å². The van der Waals surface area contributed by atoms with E-state index in [9.17, 15) is 9.18 Å². The first kappa shape index (κ1) is 18.9. The Labute approximate surface area is 126 Å². The molecule has 0 N–H and O–H groups in total. The molecular formula is C16H25ClFNO. The van der Waals surface area contributed by atoms with Gasteiger partial charge in [-0.25, -0.2) is 4.39 Å². The molecule has 0 aromatic heterocycles. The van der Waals surface area contributed by atoms with Crippen LogP contribution in [-0.2, 0) is 4.79 Å². The molecule has 1 unspecified atom stereocenters. The molecule has 1 rings (SSSR count). The highest BCUT2D eigenvalue weighted by Gasteiger charge is 2.20. The highest BCUT2D eigenvalue weighted by molar-refractivity contribution is 6.31. The van der Waals surface area contributed by atoms with Crippen LogP contribution in [0.4, 0.5) is 10.1 Å². The van der Waals surface area contributed by atoms with Crippen LogP contribution < -0.4 is 4.90 Å². The molecule has 0 bridgehead atoms. The number of hydrogen-bond acceptors (Lipinski definition) is 1. The van der Waals surface area contributed by atoms with Gasteiger partial charge in [0.25, 0.3) is 0 Å². The van der Waals surface area contributed by atoms with E-state index in [0.29, 0.717) is 12.1 Å². The van der Waals surface area contributed by atoms with Crippen molar-refractivity contribution in [2.45, 2.75) is 59.9 Å². The van der Waals surface area contributed by atoms with Crippen molar-refractivity contribution in [2.24, 2.45) is 0 Å². The van der Waals surface area contributed by atoms with Crippen molar-refractivity contribution in [3.8, 4) is 0 Å². The molecule has 2 nitrogen and oxygen atoms in total. The van der Waals surface area contributed by atoms with Crippen molar-refractivity contribution in [2.75, 3.05) is 4.90 Å². The molecule has 0 saturated heterocycles. The summed E-state index contributed by atoms with van der Waals surface area (Å²) in [6.45, 7) is 9.89. The minimum atomic E-state index is -0.465. The molecule has 0 saturated carbocycles. The van der Waals surface area contributed by atoms with Crippen molar-refractivity contribution in [3.63, 3.8) is 0 Å². The number of anilines is 1. The second kappa shape index (κ2) is 9.76. The normalized spacial score (nSPS) is 11.3. The highest BCUT2D eigenvalue weighted by atomic mass is 35.5. The number of carbonyl (C=O) groups excluding carboxylic acids is 1. The Bertz CT molecular complexity index is 423. The maximum absolute atomic E-state index is 13.2. The summed E-state index contributed by atoms with van der Waals surface area (Å²) < 4.78 is 13.2. The molecule has 0 aliphatic carbocycles. The summed E-state index contributed by atoms with van der Waals surface area (Å²) in [7, 11) is 0. The summed E-state index contributed by atoms with van der Waals surface area (Å²) in [4.78, 5) is 13.7. The monoisotopic (exact) mass is 301 g/mol. The summed E-state index contributed by atoms with van der Waals surface area (Å²) in [5, 5.41) is 0.0464. The molecule has 114 valence electrons. The van der Waals surface area contributed by atoms with Crippen molar-refractivity contribution in [3.05, 3.63) is 29.0 Å². The van der Waals surface area contributed by atoms with E-state index >= 15 is 0 Å². The third kappa shape index (κ3) is 5.12. The quantitative estimate of drug-likeness (QED) is 0.709. The van der Waals surface area contributed by atoms with Gasteiger partial charge in [-0.05, 0) is 31.5 Å². The summed E-state index contributed by atoms with van der Waals surface area (Å²) >= 11 is 5.77. The zero-order valence-corrected chi connectivity index (χ0v) is 13.8. The standard InChI is InChI=1S/C14H19ClFNO.C2H6/c1-4-6-10(3)17(14(18)5-2)11-7-8-13(16)12(15)9-11;1-2/h7-10H,4-6H2,1-3H3;1-2H3. The molecule has 4 heteroatoms. The van der Waals surface area contributed by atoms with Crippen LogP contribution >= 0.6 is 11.6 Å². The van der Waals surface area contributed by atoms with Crippen LogP contribution in [0.2, 0.25) is 5.02 Å². The van der Waals surface area contributed by atoms with Gasteiger partial charge in [-0.3, -0.25) is 4.79 Å². The predicted octanol–water partition coefficient (Wildman–Crippen LogP) is 5.44. The predicted molar refractivity (Wildman–Crippen MR) is 84.9 cm³/mol. The first-order valence-corrected chi connectivity index (χ1v) is 7.66. The number of halogens is 2. The maximum atomic E-state index is 13.2. The number of amides is 1. The Hall–Kier alpha value is -1.09. The van der Waals surface area contributed by atoms with Crippen LogP contribution in [0.5, 0.6) is 0 Å². The SMILES string of the molecule is CC.CCCC(C)N(C(=O)CC)c1ccc(F)c(Cl)c1. The molecule has 1 aromatic rings. The van der Waals surface area contributed by atoms with Gasteiger partial charge in [0.2, 0.25) is 5.91 Å². The smallest absolute Gasteiger partial charge is 0.226 e. The van der Waals surface area contributed by atoms with E-state index in [1.54, 1.807) is 11.0 Å².